The summed E-state index contributed by atoms with van der Waals surface area (Å²) in [5.41, 5.74) is 0. The predicted molar refractivity (Wildman–Crippen MR) is 27.7 cm³/mol. The zero-order valence-electron chi connectivity index (χ0n) is 2.55. The van der Waals surface area contributed by atoms with E-state index in [1.54, 1.807) is 0 Å². The molecule has 0 heterocycles. The van der Waals surface area contributed by atoms with Crippen LogP contribution >= 0.6 is 0 Å². The summed E-state index contributed by atoms with van der Waals surface area (Å²) in [5.74, 6) is 0. The molecule has 2 nitrogen and oxygen atoms in total. The predicted octanol–water partition coefficient (Wildman–Crippen LogP) is -0.907. The third-order valence-electron chi connectivity index (χ3n) is 0.149. The van der Waals surface area contributed by atoms with Crippen LogP contribution in [0.1, 0.15) is 0 Å². The summed E-state index contributed by atoms with van der Waals surface area (Å²) in [7, 11) is -2.33. The number of thiol groups is 1. The van der Waals surface area contributed by atoms with Gasteiger partial charge in [0.1, 0.15) is 0 Å². The Labute approximate surface area is 50.4 Å². The SMILES string of the molecule is C=C[SH](=O)=O.[LiH]. The molecule has 0 amide bonds. The first-order valence-electron chi connectivity index (χ1n) is 1.03. The summed E-state index contributed by atoms with van der Waals surface area (Å²) in [6, 6.07) is 0. The van der Waals surface area contributed by atoms with Crippen molar-refractivity contribution in [3.63, 3.8) is 0 Å². The Morgan fingerprint density at radius 1 is 1.50 bits per heavy atom. The average Bonchev–Trinajstić information content (AvgIpc) is 1.38. The molecule has 0 aliphatic carbocycles. The molecule has 0 saturated heterocycles. The van der Waals surface area contributed by atoms with Crippen LogP contribution in [0.3, 0.4) is 0 Å². The number of hydrogen-bond acceptors (Lipinski definition) is 2. The van der Waals surface area contributed by atoms with Crippen molar-refractivity contribution in [2.24, 2.45) is 0 Å². The van der Waals surface area contributed by atoms with Gasteiger partial charge in [-0.25, -0.2) is 8.42 Å². The molecule has 0 N–H and O–H groups in total. The molecule has 0 spiro atoms. The van der Waals surface area contributed by atoms with Crippen molar-refractivity contribution in [1.82, 2.24) is 0 Å². The van der Waals surface area contributed by atoms with Crippen LogP contribution < -0.4 is 0 Å². The summed E-state index contributed by atoms with van der Waals surface area (Å²) >= 11 is 0. The Bertz CT molecular complexity index is 87.7. The summed E-state index contributed by atoms with van der Waals surface area (Å²) in [6.07, 6.45) is 0. The molecule has 0 aromatic rings. The van der Waals surface area contributed by atoms with Gasteiger partial charge in [0.15, 0.2) is 10.7 Å². The van der Waals surface area contributed by atoms with Gasteiger partial charge in [0.2, 0.25) is 0 Å². The van der Waals surface area contributed by atoms with Crippen molar-refractivity contribution in [1.29, 1.82) is 0 Å². The van der Waals surface area contributed by atoms with Crippen molar-refractivity contribution >= 4 is 29.6 Å². The molecule has 0 aliphatic rings. The van der Waals surface area contributed by atoms with Crippen LogP contribution in [-0.4, -0.2) is 27.3 Å². The Morgan fingerprint density at radius 3 is 1.67 bits per heavy atom. The zero-order chi connectivity index (χ0) is 4.28. The average molecular weight is 100 g/mol. The van der Waals surface area contributed by atoms with Gasteiger partial charge in [-0.05, 0) is 0 Å². The van der Waals surface area contributed by atoms with E-state index in [9.17, 15) is 8.42 Å². The van der Waals surface area contributed by atoms with E-state index >= 15 is 0 Å². The van der Waals surface area contributed by atoms with Gasteiger partial charge < -0.3 is 0 Å². The van der Waals surface area contributed by atoms with Crippen LogP contribution in [0.5, 0.6) is 0 Å². The minimum absolute atomic E-state index is 0. The summed E-state index contributed by atoms with van der Waals surface area (Å²) in [5, 5.41) is 0.870. The van der Waals surface area contributed by atoms with E-state index in [2.05, 4.69) is 6.58 Å². The van der Waals surface area contributed by atoms with Crippen LogP contribution in [0.4, 0.5) is 0 Å². The quantitative estimate of drug-likeness (QED) is 0.342. The van der Waals surface area contributed by atoms with Crippen LogP contribution in [0.15, 0.2) is 12.0 Å². The second kappa shape index (κ2) is 5.29. The van der Waals surface area contributed by atoms with Crippen molar-refractivity contribution in [2.75, 3.05) is 0 Å². The molecule has 32 valence electrons. The molecule has 0 radical (unpaired) electrons. The van der Waals surface area contributed by atoms with Gasteiger partial charge >= 0.3 is 18.9 Å². The number of hydrogen-bond donors (Lipinski definition) is 1. The van der Waals surface area contributed by atoms with Gasteiger partial charge in [-0.2, -0.15) is 0 Å². The van der Waals surface area contributed by atoms with Crippen molar-refractivity contribution in [3.8, 4) is 0 Å². The molecule has 0 saturated carbocycles. The normalized spacial score (nSPS) is 6.83. The molecule has 0 aliphatic heterocycles. The number of rotatable bonds is 1. The van der Waals surface area contributed by atoms with E-state index in [4.69, 9.17) is 0 Å². The van der Waals surface area contributed by atoms with E-state index in [1.165, 1.54) is 0 Å². The summed E-state index contributed by atoms with van der Waals surface area (Å²) in [6.45, 7) is 2.96. The van der Waals surface area contributed by atoms with Crippen LogP contribution in [0.2, 0.25) is 0 Å². The second-order valence-electron chi connectivity index (χ2n) is 0.468. The molecule has 0 fully saturated rings. The summed E-state index contributed by atoms with van der Waals surface area (Å²) in [4.78, 5) is 0. The van der Waals surface area contributed by atoms with Gasteiger partial charge in [-0.3, -0.25) is 0 Å². The van der Waals surface area contributed by atoms with Gasteiger partial charge in [-0.1, -0.05) is 6.58 Å². The fourth-order valence-electron chi connectivity index (χ4n) is 0. The fourth-order valence-corrected chi connectivity index (χ4v) is 0. The van der Waals surface area contributed by atoms with Gasteiger partial charge in [0.05, 0.1) is 0 Å². The molecule has 0 atom stereocenters. The molecule has 0 aromatic heterocycles. The van der Waals surface area contributed by atoms with Crippen LogP contribution in [-0.2, 0) is 10.7 Å². The van der Waals surface area contributed by atoms with Gasteiger partial charge in [-0.15, -0.1) is 0 Å². The zero-order valence-corrected chi connectivity index (χ0v) is 3.44. The first-order valence-corrected chi connectivity index (χ1v) is 2.28. The van der Waals surface area contributed by atoms with Crippen molar-refractivity contribution in [3.05, 3.63) is 12.0 Å². The van der Waals surface area contributed by atoms with Gasteiger partial charge in [0, 0.05) is 5.41 Å². The topological polar surface area (TPSA) is 34.1 Å². The van der Waals surface area contributed by atoms with E-state index < -0.39 is 10.7 Å². The monoisotopic (exact) mass is 100 g/mol. The maximum absolute atomic E-state index is 9.29. The third kappa shape index (κ3) is 8.86. The first-order chi connectivity index (χ1) is 2.27. The van der Waals surface area contributed by atoms with Crippen molar-refractivity contribution < 1.29 is 8.42 Å². The van der Waals surface area contributed by atoms with Gasteiger partial charge in [0.25, 0.3) is 0 Å². The van der Waals surface area contributed by atoms with E-state index in [-0.39, 0.29) is 18.9 Å². The molecule has 0 aromatic carbocycles. The molecule has 4 heteroatoms. The molecule has 6 heavy (non-hydrogen) atoms. The Balaban J connectivity index is 0. The fraction of sp³-hybridized carbons (Fsp3) is 0. The third-order valence-corrected chi connectivity index (χ3v) is 0.447. The van der Waals surface area contributed by atoms with Crippen LogP contribution in [0, 0.1) is 0 Å². The molecular formula is C2H5LiO2S. The molecule has 0 unspecified atom stereocenters. The van der Waals surface area contributed by atoms with E-state index in [0.29, 0.717) is 0 Å². The van der Waals surface area contributed by atoms with E-state index in [1.807, 2.05) is 0 Å². The van der Waals surface area contributed by atoms with Crippen LogP contribution in [0.25, 0.3) is 0 Å². The first kappa shape index (κ1) is 9.56. The Kier molecular flexibility index (Phi) is 8.43. The minimum atomic E-state index is -2.33. The Hall–Kier alpha value is 0.287. The second-order valence-corrected chi connectivity index (χ2v) is 1.40. The summed E-state index contributed by atoms with van der Waals surface area (Å²) < 4.78 is 18.6. The van der Waals surface area contributed by atoms with E-state index in [0.717, 1.165) is 5.41 Å². The maximum atomic E-state index is 9.29. The molecular weight excluding hydrogens is 95.0 g/mol. The molecule has 0 rings (SSSR count). The standard InChI is InChI=1S/C2H4O2S.Li.H/c1-2-5(3)4;;/h2,5H,1H2;;. The molecule has 0 bridgehead atoms. The van der Waals surface area contributed by atoms with Crippen molar-refractivity contribution in [2.45, 2.75) is 0 Å². The Morgan fingerprint density at radius 2 is 1.67 bits per heavy atom.